The number of hydrogen-bond donors (Lipinski definition) is 1. The van der Waals surface area contributed by atoms with E-state index in [-0.39, 0.29) is 0 Å². The van der Waals surface area contributed by atoms with Gasteiger partial charge in [-0.2, -0.15) is 5.10 Å². The van der Waals surface area contributed by atoms with Gasteiger partial charge in [-0.25, -0.2) is 0 Å². The molecule has 2 heterocycles. The molecule has 3 nitrogen and oxygen atoms in total. The third kappa shape index (κ3) is 1.67. The number of fused-ring (bicyclic) bond motifs is 1. The molecule has 0 amide bonds. The summed E-state index contributed by atoms with van der Waals surface area (Å²) in [4.78, 5) is 0. The van der Waals surface area contributed by atoms with Crippen LogP contribution in [-0.4, -0.2) is 10.2 Å². The minimum atomic E-state index is 0.436. The highest BCUT2D eigenvalue weighted by Crippen LogP contribution is 2.24. The second-order valence-corrected chi connectivity index (χ2v) is 4.06. The SMILES string of the molecule is CC(C)c1cc2c(nn1)SNC=C2. The molecule has 0 fully saturated rings. The van der Waals surface area contributed by atoms with E-state index in [4.69, 9.17) is 0 Å². The molecule has 1 aromatic heterocycles. The van der Waals surface area contributed by atoms with E-state index in [0.29, 0.717) is 5.92 Å². The van der Waals surface area contributed by atoms with Crippen LogP contribution in [0.15, 0.2) is 17.3 Å². The topological polar surface area (TPSA) is 37.8 Å². The average molecular weight is 193 g/mol. The Labute approximate surface area is 81.8 Å². The van der Waals surface area contributed by atoms with Crippen LogP contribution in [0.2, 0.25) is 0 Å². The molecule has 0 spiro atoms. The molecular formula is C9H11N3S. The molecule has 0 atom stereocenters. The minimum absolute atomic E-state index is 0.436. The predicted octanol–water partition coefficient (Wildman–Crippen LogP) is 2.18. The molecule has 0 radical (unpaired) electrons. The summed E-state index contributed by atoms with van der Waals surface area (Å²) in [5.74, 6) is 0.436. The van der Waals surface area contributed by atoms with Crippen LogP contribution in [0.3, 0.4) is 0 Å². The van der Waals surface area contributed by atoms with Crippen LogP contribution in [0.1, 0.15) is 31.0 Å². The van der Waals surface area contributed by atoms with Crippen molar-refractivity contribution in [2.75, 3.05) is 0 Å². The Hall–Kier alpha value is -1.03. The fourth-order valence-corrected chi connectivity index (χ4v) is 1.68. The van der Waals surface area contributed by atoms with Gasteiger partial charge < -0.3 is 4.72 Å². The summed E-state index contributed by atoms with van der Waals surface area (Å²) < 4.78 is 3.02. The lowest BCUT2D eigenvalue weighted by Crippen LogP contribution is -2.04. The van der Waals surface area contributed by atoms with E-state index in [1.807, 2.05) is 12.3 Å². The van der Waals surface area contributed by atoms with Crippen LogP contribution in [0.5, 0.6) is 0 Å². The lowest BCUT2D eigenvalue weighted by molar-refractivity contribution is 0.759. The predicted molar refractivity (Wildman–Crippen MR) is 54.1 cm³/mol. The van der Waals surface area contributed by atoms with Gasteiger partial charge in [-0.1, -0.05) is 13.8 Å². The molecule has 68 valence electrons. The largest absolute Gasteiger partial charge is 0.331 e. The average Bonchev–Trinajstić information content (AvgIpc) is 2.17. The number of hydrogen-bond acceptors (Lipinski definition) is 4. The lowest BCUT2D eigenvalue weighted by atomic mass is 10.1. The van der Waals surface area contributed by atoms with Crippen LogP contribution in [0.4, 0.5) is 0 Å². The quantitative estimate of drug-likeness (QED) is 0.694. The van der Waals surface area contributed by atoms with Gasteiger partial charge in [0.2, 0.25) is 0 Å². The van der Waals surface area contributed by atoms with Crippen LogP contribution in [0.25, 0.3) is 6.08 Å². The third-order valence-corrected chi connectivity index (χ3v) is 2.65. The molecule has 0 saturated heterocycles. The van der Waals surface area contributed by atoms with Gasteiger partial charge >= 0.3 is 0 Å². The van der Waals surface area contributed by atoms with Crippen molar-refractivity contribution in [2.45, 2.75) is 24.8 Å². The Morgan fingerprint density at radius 2 is 2.23 bits per heavy atom. The summed E-state index contributed by atoms with van der Waals surface area (Å²) >= 11 is 1.50. The van der Waals surface area contributed by atoms with E-state index in [9.17, 15) is 0 Å². The molecule has 13 heavy (non-hydrogen) atoms. The van der Waals surface area contributed by atoms with Gasteiger partial charge in [-0.05, 0) is 18.1 Å². The molecule has 2 rings (SSSR count). The number of nitrogens with one attached hydrogen (secondary N) is 1. The Balaban J connectivity index is 2.43. The molecule has 1 N–H and O–H groups in total. The fourth-order valence-electron chi connectivity index (χ4n) is 1.11. The van der Waals surface area contributed by atoms with E-state index in [0.717, 1.165) is 16.3 Å². The molecule has 4 heteroatoms. The summed E-state index contributed by atoms with van der Waals surface area (Å²) in [5.41, 5.74) is 2.20. The first-order valence-electron chi connectivity index (χ1n) is 4.24. The smallest absolute Gasteiger partial charge is 0.146 e. The van der Waals surface area contributed by atoms with Gasteiger partial charge in [0.15, 0.2) is 0 Å². The molecule has 0 unspecified atom stereocenters. The van der Waals surface area contributed by atoms with Gasteiger partial charge in [-0.15, -0.1) is 5.10 Å². The van der Waals surface area contributed by atoms with Gasteiger partial charge in [0.25, 0.3) is 0 Å². The van der Waals surface area contributed by atoms with E-state index in [1.54, 1.807) is 0 Å². The molecular weight excluding hydrogens is 182 g/mol. The van der Waals surface area contributed by atoms with Crippen molar-refractivity contribution in [3.05, 3.63) is 23.5 Å². The van der Waals surface area contributed by atoms with Crippen LogP contribution >= 0.6 is 11.9 Å². The van der Waals surface area contributed by atoms with Gasteiger partial charge in [0, 0.05) is 23.7 Å². The van der Waals surface area contributed by atoms with E-state index >= 15 is 0 Å². The highest BCUT2D eigenvalue weighted by Gasteiger charge is 2.10. The molecule has 1 aliphatic rings. The lowest BCUT2D eigenvalue weighted by Gasteiger charge is -2.11. The van der Waals surface area contributed by atoms with Crippen molar-refractivity contribution in [1.29, 1.82) is 0 Å². The van der Waals surface area contributed by atoms with Gasteiger partial charge in [0.1, 0.15) is 5.03 Å². The second kappa shape index (κ2) is 3.38. The molecule has 0 saturated carbocycles. The third-order valence-electron chi connectivity index (χ3n) is 1.88. The zero-order chi connectivity index (χ0) is 9.26. The molecule has 0 aliphatic carbocycles. The highest BCUT2D eigenvalue weighted by molar-refractivity contribution is 7.97. The highest BCUT2D eigenvalue weighted by atomic mass is 32.2. The Kier molecular flexibility index (Phi) is 2.22. The zero-order valence-corrected chi connectivity index (χ0v) is 8.43. The maximum absolute atomic E-state index is 4.15. The van der Waals surface area contributed by atoms with Crippen LogP contribution in [-0.2, 0) is 0 Å². The molecule has 0 aromatic carbocycles. The van der Waals surface area contributed by atoms with Crippen molar-refractivity contribution >= 4 is 18.0 Å². The Morgan fingerprint density at radius 3 is 3.00 bits per heavy atom. The number of rotatable bonds is 1. The fraction of sp³-hybridized carbons (Fsp3) is 0.333. The Bertz CT molecular complexity index is 347. The molecule has 1 aliphatic heterocycles. The first kappa shape index (κ1) is 8.56. The van der Waals surface area contributed by atoms with Crippen molar-refractivity contribution in [3.8, 4) is 0 Å². The summed E-state index contributed by atoms with van der Waals surface area (Å²) in [5, 5.41) is 9.24. The second-order valence-electron chi connectivity index (χ2n) is 3.24. The van der Waals surface area contributed by atoms with Crippen LogP contribution in [0, 0.1) is 0 Å². The van der Waals surface area contributed by atoms with Crippen molar-refractivity contribution in [1.82, 2.24) is 14.9 Å². The molecule has 1 aromatic rings. The maximum Gasteiger partial charge on any atom is 0.146 e. The zero-order valence-electron chi connectivity index (χ0n) is 7.61. The standard InChI is InChI=1S/C9H11N3S/c1-6(2)8-5-7-3-4-10-13-9(7)12-11-8/h3-6,10H,1-2H3. The van der Waals surface area contributed by atoms with E-state index in [2.05, 4.69) is 34.8 Å². The van der Waals surface area contributed by atoms with Gasteiger partial charge in [-0.3, -0.25) is 0 Å². The number of aromatic nitrogens is 2. The first-order chi connectivity index (χ1) is 6.27. The minimum Gasteiger partial charge on any atom is -0.331 e. The van der Waals surface area contributed by atoms with E-state index in [1.165, 1.54) is 11.9 Å². The monoisotopic (exact) mass is 193 g/mol. The van der Waals surface area contributed by atoms with Gasteiger partial charge in [0.05, 0.1) is 5.69 Å². The van der Waals surface area contributed by atoms with Crippen molar-refractivity contribution < 1.29 is 0 Å². The van der Waals surface area contributed by atoms with Crippen LogP contribution < -0.4 is 4.72 Å². The first-order valence-corrected chi connectivity index (χ1v) is 5.05. The number of nitrogens with zero attached hydrogens (tertiary/aromatic N) is 2. The van der Waals surface area contributed by atoms with Crippen molar-refractivity contribution in [3.63, 3.8) is 0 Å². The normalized spacial score (nSPS) is 14.1. The van der Waals surface area contributed by atoms with Crippen molar-refractivity contribution in [2.24, 2.45) is 0 Å². The summed E-state index contributed by atoms with van der Waals surface area (Å²) in [6.45, 7) is 4.24. The Morgan fingerprint density at radius 1 is 1.38 bits per heavy atom. The summed E-state index contributed by atoms with van der Waals surface area (Å²) in [7, 11) is 0. The summed E-state index contributed by atoms with van der Waals surface area (Å²) in [6.07, 6.45) is 3.94. The van der Waals surface area contributed by atoms with E-state index < -0.39 is 0 Å². The molecule has 0 bridgehead atoms. The summed E-state index contributed by atoms with van der Waals surface area (Å²) in [6, 6.07) is 2.09. The maximum atomic E-state index is 4.15.